The summed E-state index contributed by atoms with van der Waals surface area (Å²) in [6, 6.07) is 8.62. The highest BCUT2D eigenvalue weighted by Crippen LogP contribution is 2.29. The van der Waals surface area contributed by atoms with Crippen molar-refractivity contribution in [3.63, 3.8) is 0 Å². The molecule has 0 spiro atoms. The zero-order valence-electron chi connectivity index (χ0n) is 10.2. The summed E-state index contributed by atoms with van der Waals surface area (Å²) < 4.78 is 1.09. The van der Waals surface area contributed by atoms with Crippen molar-refractivity contribution in [2.75, 3.05) is 13.1 Å². The summed E-state index contributed by atoms with van der Waals surface area (Å²) in [5.41, 5.74) is 1.25. The standard InChI is InChI=1S/C14H18BrNO/c1-11(17)10-14(16-8-2-3-9-16)12-4-6-13(15)7-5-12/h4-7,14H,2-3,8-10H2,1H3. The van der Waals surface area contributed by atoms with Crippen LogP contribution in [0.15, 0.2) is 28.7 Å². The molecule has 0 N–H and O–H groups in total. The van der Waals surface area contributed by atoms with Crippen molar-refractivity contribution in [1.82, 2.24) is 4.90 Å². The number of Topliss-reactive ketones (excluding diaryl/α,β-unsaturated/α-hetero) is 1. The number of carbonyl (C=O) groups excluding carboxylic acids is 1. The SMILES string of the molecule is CC(=O)CC(c1ccc(Br)cc1)N1CCCC1. The molecule has 2 nitrogen and oxygen atoms in total. The zero-order chi connectivity index (χ0) is 12.3. The topological polar surface area (TPSA) is 20.3 Å². The van der Waals surface area contributed by atoms with Gasteiger partial charge in [-0.2, -0.15) is 0 Å². The summed E-state index contributed by atoms with van der Waals surface area (Å²) in [7, 11) is 0. The van der Waals surface area contributed by atoms with E-state index in [2.05, 4.69) is 45.1 Å². The van der Waals surface area contributed by atoms with E-state index < -0.39 is 0 Å². The van der Waals surface area contributed by atoms with Gasteiger partial charge in [-0.3, -0.25) is 9.69 Å². The highest BCUT2D eigenvalue weighted by Gasteiger charge is 2.24. The largest absolute Gasteiger partial charge is 0.300 e. The number of rotatable bonds is 4. The zero-order valence-corrected chi connectivity index (χ0v) is 11.7. The molecule has 1 aromatic carbocycles. The molecule has 1 aliphatic rings. The van der Waals surface area contributed by atoms with Crippen LogP contribution in [0.25, 0.3) is 0 Å². The second kappa shape index (κ2) is 5.78. The van der Waals surface area contributed by atoms with Gasteiger partial charge in [-0.05, 0) is 50.6 Å². The van der Waals surface area contributed by atoms with Gasteiger partial charge in [0.15, 0.2) is 0 Å². The Morgan fingerprint density at radius 3 is 2.41 bits per heavy atom. The first-order valence-electron chi connectivity index (χ1n) is 6.16. The van der Waals surface area contributed by atoms with Gasteiger partial charge in [-0.1, -0.05) is 28.1 Å². The number of hydrogen-bond donors (Lipinski definition) is 0. The van der Waals surface area contributed by atoms with Crippen molar-refractivity contribution < 1.29 is 4.79 Å². The molecule has 1 saturated heterocycles. The summed E-state index contributed by atoms with van der Waals surface area (Å²) in [5.74, 6) is 0.268. The van der Waals surface area contributed by atoms with E-state index in [1.54, 1.807) is 6.92 Å². The van der Waals surface area contributed by atoms with Gasteiger partial charge in [0.2, 0.25) is 0 Å². The molecule has 0 aromatic heterocycles. The molecule has 0 saturated carbocycles. The van der Waals surface area contributed by atoms with E-state index in [-0.39, 0.29) is 11.8 Å². The minimum atomic E-state index is 0.267. The molecule has 0 radical (unpaired) electrons. The average molecular weight is 296 g/mol. The maximum atomic E-state index is 11.4. The van der Waals surface area contributed by atoms with Gasteiger partial charge in [-0.15, -0.1) is 0 Å². The van der Waals surface area contributed by atoms with Gasteiger partial charge < -0.3 is 0 Å². The van der Waals surface area contributed by atoms with Crippen LogP contribution in [0.3, 0.4) is 0 Å². The predicted molar refractivity (Wildman–Crippen MR) is 73.0 cm³/mol. The van der Waals surface area contributed by atoms with Crippen LogP contribution in [0.2, 0.25) is 0 Å². The lowest BCUT2D eigenvalue weighted by Crippen LogP contribution is -2.27. The van der Waals surface area contributed by atoms with Crippen LogP contribution in [-0.4, -0.2) is 23.8 Å². The van der Waals surface area contributed by atoms with E-state index in [0.717, 1.165) is 17.6 Å². The van der Waals surface area contributed by atoms with E-state index in [0.29, 0.717) is 6.42 Å². The first kappa shape index (κ1) is 12.8. The summed E-state index contributed by atoms with van der Waals surface area (Å²) >= 11 is 3.45. The lowest BCUT2D eigenvalue weighted by molar-refractivity contribution is -0.118. The Bertz CT molecular complexity index is 382. The molecule has 17 heavy (non-hydrogen) atoms. The number of likely N-dealkylation sites (tertiary alicyclic amines) is 1. The number of halogens is 1. The molecule has 1 aliphatic heterocycles. The van der Waals surface area contributed by atoms with E-state index in [1.807, 2.05) is 0 Å². The number of ketones is 1. The van der Waals surface area contributed by atoms with E-state index in [1.165, 1.54) is 18.4 Å². The minimum absolute atomic E-state index is 0.267. The van der Waals surface area contributed by atoms with Crippen molar-refractivity contribution in [3.8, 4) is 0 Å². The number of nitrogens with zero attached hydrogens (tertiary/aromatic N) is 1. The van der Waals surface area contributed by atoms with Gasteiger partial charge in [0.1, 0.15) is 5.78 Å². The van der Waals surface area contributed by atoms with Crippen LogP contribution in [-0.2, 0) is 4.79 Å². The van der Waals surface area contributed by atoms with Crippen LogP contribution < -0.4 is 0 Å². The minimum Gasteiger partial charge on any atom is -0.300 e. The average Bonchev–Trinajstić information content (AvgIpc) is 2.80. The Morgan fingerprint density at radius 2 is 1.88 bits per heavy atom. The van der Waals surface area contributed by atoms with Crippen molar-refractivity contribution in [2.24, 2.45) is 0 Å². The monoisotopic (exact) mass is 295 g/mol. The van der Waals surface area contributed by atoms with Gasteiger partial charge in [-0.25, -0.2) is 0 Å². The van der Waals surface area contributed by atoms with Crippen molar-refractivity contribution >= 4 is 21.7 Å². The fourth-order valence-electron chi connectivity index (χ4n) is 2.47. The first-order chi connectivity index (χ1) is 8.16. The quantitative estimate of drug-likeness (QED) is 0.846. The molecule has 0 aliphatic carbocycles. The summed E-state index contributed by atoms with van der Waals surface area (Å²) in [6.07, 6.45) is 3.14. The van der Waals surface area contributed by atoms with E-state index in [4.69, 9.17) is 0 Å². The van der Waals surface area contributed by atoms with Gasteiger partial charge in [0.05, 0.1) is 0 Å². The van der Waals surface area contributed by atoms with Gasteiger partial charge in [0, 0.05) is 16.9 Å². The molecule has 0 amide bonds. The van der Waals surface area contributed by atoms with Gasteiger partial charge >= 0.3 is 0 Å². The Kier molecular flexibility index (Phi) is 4.35. The molecule has 1 aromatic rings. The van der Waals surface area contributed by atoms with Gasteiger partial charge in [0.25, 0.3) is 0 Å². The van der Waals surface area contributed by atoms with Crippen LogP contribution in [0.4, 0.5) is 0 Å². The van der Waals surface area contributed by atoms with Crippen molar-refractivity contribution in [3.05, 3.63) is 34.3 Å². The molecular formula is C14H18BrNO. The van der Waals surface area contributed by atoms with Crippen LogP contribution in [0.5, 0.6) is 0 Å². The molecule has 1 heterocycles. The van der Waals surface area contributed by atoms with E-state index >= 15 is 0 Å². The fraction of sp³-hybridized carbons (Fsp3) is 0.500. The lowest BCUT2D eigenvalue weighted by Gasteiger charge is -2.27. The second-order valence-corrected chi connectivity index (χ2v) is 5.63. The molecule has 1 unspecified atom stereocenters. The number of carbonyl (C=O) groups is 1. The highest BCUT2D eigenvalue weighted by molar-refractivity contribution is 9.10. The van der Waals surface area contributed by atoms with Crippen LogP contribution >= 0.6 is 15.9 Å². The first-order valence-corrected chi connectivity index (χ1v) is 6.95. The number of benzene rings is 1. The van der Waals surface area contributed by atoms with Crippen molar-refractivity contribution in [1.29, 1.82) is 0 Å². The Morgan fingerprint density at radius 1 is 1.29 bits per heavy atom. The maximum Gasteiger partial charge on any atom is 0.131 e. The summed E-state index contributed by atoms with van der Waals surface area (Å²) in [4.78, 5) is 13.9. The molecule has 3 heteroatoms. The normalized spacial score (nSPS) is 18.2. The molecule has 0 bridgehead atoms. The Balaban J connectivity index is 2.19. The maximum absolute atomic E-state index is 11.4. The molecule has 2 rings (SSSR count). The van der Waals surface area contributed by atoms with E-state index in [9.17, 15) is 4.79 Å². The Labute approximate surface area is 111 Å². The molecule has 1 fully saturated rings. The number of hydrogen-bond acceptors (Lipinski definition) is 2. The van der Waals surface area contributed by atoms with Crippen LogP contribution in [0.1, 0.15) is 37.8 Å². The molecular weight excluding hydrogens is 278 g/mol. The smallest absolute Gasteiger partial charge is 0.131 e. The Hall–Kier alpha value is -0.670. The lowest BCUT2D eigenvalue weighted by atomic mass is 10.0. The molecule has 92 valence electrons. The summed E-state index contributed by atoms with van der Waals surface area (Å²) in [5, 5.41) is 0. The third-order valence-corrected chi connectivity index (χ3v) is 3.85. The van der Waals surface area contributed by atoms with Crippen molar-refractivity contribution in [2.45, 2.75) is 32.2 Å². The van der Waals surface area contributed by atoms with Crippen LogP contribution in [0, 0.1) is 0 Å². The highest BCUT2D eigenvalue weighted by atomic mass is 79.9. The molecule has 1 atom stereocenters. The summed E-state index contributed by atoms with van der Waals surface area (Å²) in [6.45, 7) is 3.92. The second-order valence-electron chi connectivity index (χ2n) is 4.72. The third kappa shape index (κ3) is 3.39. The predicted octanol–water partition coefficient (Wildman–Crippen LogP) is 3.57. The fourth-order valence-corrected chi connectivity index (χ4v) is 2.73. The third-order valence-electron chi connectivity index (χ3n) is 3.32.